The average molecular weight is 131 g/mol. The van der Waals surface area contributed by atoms with Gasteiger partial charge in [-0.2, -0.15) is 0 Å². The second-order valence-electron chi connectivity index (χ2n) is 2.28. The molecule has 0 saturated heterocycles. The van der Waals surface area contributed by atoms with Crippen molar-refractivity contribution in [3.63, 3.8) is 0 Å². The smallest absolute Gasteiger partial charge is 0.0136 e. The summed E-state index contributed by atoms with van der Waals surface area (Å²) in [7, 11) is 1.94. The largest absolute Gasteiger partial charge is 0.327 e. The second kappa shape index (κ2) is 6.01. The number of nitrogens with two attached hydrogens (primary N) is 1. The van der Waals surface area contributed by atoms with Gasteiger partial charge in [-0.1, -0.05) is 0 Å². The van der Waals surface area contributed by atoms with Gasteiger partial charge in [-0.25, -0.2) is 0 Å². The zero-order valence-corrected chi connectivity index (χ0v) is 6.28. The zero-order valence-electron chi connectivity index (χ0n) is 6.28. The number of rotatable bonds is 5. The maximum Gasteiger partial charge on any atom is 0.0136 e. The van der Waals surface area contributed by atoms with Crippen LogP contribution >= 0.6 is 0 Å². The highest BCUT2D eigenvalue weighted by Gasteiger charge is 1.89. The molecule has 0 aliphatic carbocycles. The molecule has 0 aromatic rings. The van der Waals surface area contributed by atoms with Gasteiger partial charge in [0.1, 0.15) is 0 Å². The van der Waals surface area contributed by atoms with Gasteiger partial charge >= 0.3 is 0 Å². The Hall–Kier alpha value is -0.120. The number of likely N-dealkylation sites (N-methyl/N-ethyl adjacent to an activating group) is 1. The summed E-state index contributed by atoms with van der Waals surface area (Å²) in [5.74, 6) is 0. The van der Waals surface area contributed by atoms with Crippen LogP contribution in [0.25, 0.3) is 0 Å². The van der Waals surface area contributed by atoms with Gasteiger partial charge in [0, 0.05) is 25.7 Å². The van der Waals surface area contributed by atoms with Crippen LogP contribution in [-0.2, 0) is 0 Å². The Kier molecular flexibility index (Phi) is 5.93. The first-order valence-corrected chi connectivity index (χ1v) is 3.38. The summed E-state index contributed by atoms with van der Waals surface area (Å²) in [6, 6.07) is 0.266. The maximum absolute atomic E-state index is 5.49. The molecule has 0 bridgehead atoms. The van der Waals surface area contributed by atoms with E-state index in [0.717, 1.165) is 19.6 Å². The van der Waals surface area contributed by atoms with Crippen LogP contribution in [-0.4, -0.2) is 32.7 Å². The van der Waals surface area contributed by atoms with Gasteiger partial charge < -0.3 is 16.4 Å². The Morgan fingerprint density at radius 3 is 2.56 bits per heavy atom. The van der Waals surface area contributed by atoms with Crippen molar-refractivity contribution in [3.8, 4) is 0 Å². The van der Waals surface area contributed by atoms with Gasteiger partial charge in [0.25, 0.3) is 0 Å². The van der Waals surface area contributed by atoms with Crippen LogP contribution in [0.3, 0.4) is 0 Å². The highest BCUT2D eigenvalue weighted by Crippen LogP contribution is 1.67. The number of nitrogens with one attached hydrogen (secondary N) is 2. The lowest BCUT2D eigenvalue weighted by molar-refractivity contribution is 0.594. The molecule has 0 aliphatic rings. The molecule has 3 heteroatoms. The molecule has 0 fully saturated rings. The summed E-state index contributed by atoms with van der Waals surface area (Å²) in [4.78, 5) is 0. The Balaban J connectivity index is 2.75. The van der Waals surface area contributed by atoms with Crippen molar-refractivity contribution in [2.75, 3.05) is 26.7 Å². The van der Waals surface area contributed by atoms with Crippen molar-refractivity contribution in [3.05, 3.63) is 0 Å². The summed E-state index contributed by atoms with van der Waals surface area (Å²) in [5, 5.41) is 6.24. The first kappa shape index (κ1) is 8.88. The predicted octanol–water partition coefficient (Wildman–Crippen LogP) is -0.857. The number of hydrogen-bond donors (Lipinski definition) is 3. The van der Waals surface area contributed by atoms with Crippen molar-refractivity contribution in [1.29, 1.82) is 0 Å². The van der Waals surface area contributed by atoms with Crippen LogP contribution in [0.4, 0.5) is 0 Å². The lowest BCUT2D eigenvalue weighted by atomic mass is 10.4. The predicted molar refractivity (Wildman–Crippen MR) is 40.4 cm³/mol. The summed E-state index contributed by atoms with van der Waals surface area (Å²) < 4.78 is 0. The van der Waals surface area contributed by atoms with E-state index >= 15 is 0 Å². The highest BCUT2D eigenvalue weighted by atomic mass is 14.9. The van der Waals surface area contributed by atoms with Crippen molar-refractivity contribution in [1.82, 2.24) is 10.6 Å². The van der Waals surface area contributed by atoms with Crippen LogP contribution in [0.1, 0.15) is 6.92 Å². The summed E-state index contributed by atoms with van der Waals surface area (Å²) in [6.45, 7) is 4.90. The molecule has 0 aromatic carbocycles. The average Bonchev–Trinajstić information content (AvgIpc) is 1.80. The fourth-order valence-electron chi connectivity index (χ4n) is 0.543. The molecule has 0 radical (unpaired) electrons. The van der Waals surface area contributed by atoms with E-state index in [2.05, 4.69) is 10.6 Å². The Bertz CT molecular complexity index is 54.3. The number of hydrogen-bond acceptors (Lipinski definition) is 3. The molecule has 0 unspecified atom stereocenters. The van der Waals surface area contributed by atoms with Crippen molar-refractivity contribution in [2.24, 2.45) is 5.73 Å². The molecular weight excluding hydrogens is 114 g/mol. The molecule has 0 saturated carbocycles. The van der Waals surface area contributed by atoms with E-state index < -0.39 is 0 Å². The third-order valence-electron chi connectivity index (χ3n) is 1.02. The molecule has 0 amide bonds. The third-order valence-corrected chi connectivity index (χ3v) is 1.02. The van der Waals surface area contributed by atoms with Crippen LogP contribution < -0.4 is 16.4 Å². The van der Waals surface area contributed by atoms with Crippen LogP contribution in [0.2, 0.25) is 0 Å². The van der Waals surface area contributed by atoms with Crippen LogP contribution in [0.5, 0.6) is 0 Å². The van der Waals surface area contributed by atoms with Gasteiger partial charge in [0.15, 0.2) is 0 Å². The third kappa shape index (κ3) is 7.88. The Morgan fingerprint density at radius 1 is 1.44 bits per heavy atom. The topological polar surface area (TPSA) is 50.1 Å². The van der Waals surface area contributed by atoms with E-state index in [4.69, 9.17) is 5.73 Å². The molecule has 3 nitrogen and oxygen atoms in total. The standard InChI is InChI=1S/C6H17N3/c1-6(7)5-9-4-3-8-2/h6,8-9H,3-5,7H2,1-2H3/t6-/m1/s1. The molecular formula is C6H17N3. The van der Waals surface area contributed by atoms with E-state index in [9.17, 15) is 0 Å². The normalized spacial score (nSPS) is 13.7. The molecule has 4 N–H and O–H groups in total. The fourth-order valence-corrected chi connectivity index (χ4v) is 0.543. The zero-order chi connectivity index (χ0) is 7.11. The van der Waals surface area contributed by atoms with Crippen molar-refractivity contribution in [2.45, 2.75) is 13.0 Å². The lowest BCUT2D eigenvalue weighted by Gasteiger charge is -2.05. The van der Waals surface area contributed by atoms with Crippen LogP contribution in [0.15, 0.2) is 0 Å². The first-order valence-electron chi connectivity index (χ1n) is 3.38. The molecule has 0 aliphatic heterocycles. The molecule has 1 atom stereocenters. The Morgan fingerprint density at radius 2 is 2.11 bits per heavy atom. The second-order valence-corrected chi connectivity index (χ2v) is 2.28. The monoisotopic (exact) mass is 131 g/mol. The molecule has 0 rings (SSSR count). The van der Waals surface area contributed by atoms with E-state index in [1.165, 1.54) is 0 Å². The SMILES string of the molecule is CNCCNC[C@@H](C)N. The highest BCUT2D eigenvalue weighted by molar-refractivity contribution is 4.57. The minimum absolute atomic E-state index is 0.266. The first-order chi connectivity index (χ1) is 4.27. The molecule has 0 spiro atoms. The molecule has 9 heavy (non-hydrogen) atoms. The molecule has 0 heterocycles. The van der Waals surface area contributed by atoms with E-state index in [1.54, 1.807) is 0 Å². The van der Waals surface area contributed by atoms with E-state index in [1.807, 2.05) is 14.0 Å². The van der Waals surface area contributed by atoms with Gasteiger partial charge in [-0.15, -0.1) is 0 Å². The summed E-state index contributed by atoms with van der Waals surface area (Å²) in [5.41, 5.74) is 5.49. The van der Waals surface area contributed by atoms with Crippen molar-refractivity contribution < 1.29 is 0 Å². The summed E-state index contributed by atoms with van der Waals surface area (Å²) in [6.07, 6.45) is 0. The van der Waals surface area contributed by atoms with E-state index in [0.29, 0.717) is 0 Å². The van der Waals surface area contributed by atoms with Gasteiger partial charge in [0.05, 0.1) is 0 Å². The molecule has 56 valence electrons. The minimum atomic E-state index is 0.266. The van der Waals surface area contributed by atoms with Crippen molar-refractivity contribution >= 4 is 0 Å². The van der Waals surface area contributed by atoms with Gasteiger partial charge in [0.2, 0.25) is 0 Å². The minimum Gasteiger partial charge on any atom is -0.327 e. The van der Waals surface area contributed by atoms with Gasteiger partial charge in [-0.3, -0.25) is 0 Å². The summed E-state index contributed by atoms with van der Waals surface area (Å²) >= 11 is 0. The van der Waals surface area contributed by atoms with Crippen LogP contribution in [0, 0.1) is 0 Å². The lowest BCUT2D eigenvalue weighted by Crippen LogP contribution is -2.34. The Labute approximate surface area is 57.0 Å². The molecule has 0 aromatic heterocycles. The fraction of sp³-hybridized carbons (Fsp3) is 1.00. The van der Waals surface area contributed by atoms with E-state index in [-0.39, 0.29) is 6.04 Å². The maximum atomic E-state index is 5.49. The quantitative estimate of drug-likeness (QED) is 0.426. The van der Waals surface area contributed by atoms with Gasteiger partial charge in [-0.05, 0) is 14.0 Å².